The summed E-state index contributed by atoms with van der Waals surface area (Å²) < 4.78 is 32.1. The number of benzene rings is 1. The molecule has 1 amide bonds. The van der Waals surface area contributed by atoms with Gasteiger partial charge in [-0.15, -0.1) is 11.3 Å². The molecule has 3 rings (SSSR count). The summed E-state index contributed by atoms with van der Waals surface area (Å²) in [6, 6.07) is 5.42. The summed E-state index contributed by atoms with van der Waals surface area (Å²) in [5.74, 6) is -1.55. The number of thiazole rings is 1. The van der Waals surface area contributed by atoms with Crippen LogP contribution in [0.1, 0.15) is 37.0 Å². The van der Waals surface area contributed by atoms with Crippen molar-refractivity contribution in [1.82, 2.24) is 10.1 Å². The summed E-state index contributed by atoms with van der Waals surface area (Å²) in [7, 11) is 0. The molecule has 0 saturated carbocycles. The lowest BCUT2D eigenvalue weighted by Gasteiger charge is -2.11. The van der Waals surface area contributed by atoms with Crippen molar-refractivity contribution in [2.24, 2.45) is 0 Å². The lowest BCUT2D eigenvalue weighted by molar-refractivity contribution is 0.102. The predicted octanol–water partition coefficient (Wildman–Crippen LogP) is 4.70. The molecule has 0 radical (unpaired) electrons. The molecule has 136 valence electrons. The molecular formula is C17H16F2N4O2S. The highest BCUT2D eigenvalue weighted by molar-refractivity contribution is 7.14. The van der Waals surface area contributed by atoms with Crippen molar-refractivity contribution >= 4 is 33.9 Å². The van der Waals surface area contributed by atoms with Crippen molar-refractivity contribution in [3.05, 3.63) is 52.7 Å². The third-order valence-electron chi connectivity index (χ3n) is 3.42. The molecule has 2 N–H and O–H groups in total. The molecule has 0 saturated heterocycles. The second-order valence-corrected chi connectivity index (χ2v) is 7.40. The molecule has 9 heteroatoms. The highest BCUT2D eigenvalue weighted by atomic mass is 32.1. The Morgan fingerprint density at radius 2 is 2.04 bits per heavy atom. The standard InChI is InChI=1S/C17H16F2N4O2S/c1-17(2,3)12-7-13(23-25-12)22-15(24)11-8-26-16(21-11)20-10-6-4-5-9(18)14(10)19/h4-8H,1-3H3,(H,20,21)(H,22,23,24). The zero-order valence-corrected chi connectivity index (χ0v) is 15.1. The molecule has 3 aromatic rings. The number of rotatable bonds is 4. The fraction of sp³-hybridized carbons (Fsp3) is 0.235. The van der Waals surface area contributed by atoms with Crippen molar-refractivity contribution in [2.45, 2.75) is 26.2 Å². The molecule has 0 aliphatic carbocycles. The fourth-order valence-corrected chi connectivity index (χ4v) is 2.72. The molecule has 0 bridgehead atoms. The first-order valence-corrected chi connectivity index (χ1v) is 8.57. The van der Waals surface area contributed by atoms with Gasteiger partial charge in [-0.1, -0.05) is 32.0 Å². The van der Waals surface area contributed by atoms with Crippen LogP contribution in [0.2, 0.25) is 0 Å². The van der Waals surface area contributed by atoms with Crippen molar-refractivity contribution < 1.29 is 18.1 Å². The van der Waals surface area contributed by atoms with Gasteiger partial charge in [-0.3, -0.25) is 4.79 Å². The zero-order chi connectivity index (χ0) is 18.9. The van der Waals surface area contributed by atoms with Gasteiger partial charge >= 0.3 is 0 Å². The molecule has 0 aliphatic heterocycles. The van der Waals surface area contributed by atoms with Gasteiger partial charge in [0.2, 0.25) is 0 Å². The SMILES string of the molecule is CC(C)(C)c1cc(NC(=O)c2csc(Nc3cccc(F)c3F)n2)no1. The molecule has 1 aromatic carbocycles. The van der Waals surface area contributed by atoms with E-state index in [0.717, 1.165) is 17.4 Å². The molecule has 26 heavy (non-hydrogen) atoms. The number of hydrogen-bond donors (Lipinski definition) is 2. The molecule has 6 nitrogen and oxygen atoms in total. The van der Waals surface area contributed by atoms with Crippen molar-refractivity contribution in [2.75, 3.05) is 10.6 Å². The third kappa shape index (κ3) is 3.88. The highest BCUT2D eigenvalue weighted by Crippen LogP contribution is 2.26. The number of carbonyl (C=O) groups excluding carboxylic acids is 1. The maximum atomic E-state index is 13.7. The first-order valence-electron chi connectivity index (χ1n) is 7.69. The van der Waals surface area contributed by atoms with Crippen molar-refractivity contribution in [3.63, 3.8) is 0 Å². The fourth-order valence-electron chi connectivity index (χ4n) is 2.02. The monoisotopic (exact) mass is 378 g/mol. The predicted molar refractivity (Wildman–Crippen MR) is 94.9 cm³/mol. The zero-order valence-electron chi connectivity index (χ0n) is 14.3. The lowest BCUT2D eigenvalue weighted by Crippen LogP contribution is -2.13. The minimum atomic E-state index is -1.01. The molecule has 0 unspecified atom stereocenters. The Morgan fingerprint density at radius 1 is 1.27 bits per heavy atom. The van der Waals surface area contributed by atoms with E-state index in [1.165, 1.54) is 17.5 Å². The summed E-state index contributed by atoms with van der Waals surface area (Å²) >= 11 is 1.09. The largest absolute Gasteiger partial charge is 0.359 e. The Bertz CT molecular complexity index is 946. The second-order valence-electron chi connectivity index (χ2n) is 6.54. The van der Waals surface area contributed by atoms with Gasteiger partial charge in [-0.25, -0.2) is 13.8 Å². The molecule has 2 aromatic heterocycles. The van der Waals surface area contributed by atoms with Crippen LogP contribution in [-0.2, 0) is 5.41 Å². The summed E-state index contributed by atoms with van der Waals surface area (Å²) in [5.41, 5.74) is -0.171. The van der Waals surface area contributed by atoms with Gasteiger partial charge in [-0.05, 0) is 12.1 Å². The summed E-state index contributed by atoms with van der Waals surface area (Å²) in [4.78, 5) is 16.3. The number of carbonyl (C=O) groups is 1. The van der Waals surface area contributed by atoms with E-state index >= 15 is 0 Å². The Morgan fingerprint density at radius 3 is 2.73 bits per heavy atom. The number of nitrogens with zero attached hydrogens (tertiary/aromatic N) is 2. The van der Waals surface area contributed by atoms with Gasteiger partial charge in [0.1, 0.15) is 11.5 Å². The minimum Gasteiger partial charge on any atom is -0.359 e. The van der Waals surface area contributed by atoms with Crippen LogP contribution in [0.15, 0.2) is 34.2 Å². The van der Waals surface area contributed by atoms with Gasteiger partial charge < -0.3 is 15.2 Å². The van der Waals surface area contributed by atoms with Crippen LogP contribution in [0.5, 0.6) is 0 Å². The Hall–Kier alpha value is -2.81. The van der Waals surface area contributed by atoms with E-state index in [2.05, 4.69) is 20.8 Å². The van der Waals surface area contributed by atoms with Crippen LogP contribution >= 0.6 is 11.3 Å². The van der Waals surface area contributed by atoms with E-state index in [0.29, 0.717) is 5.76 Å². The molecule has 2 heterocycles. The number of halogens is 2. The first-order chi connectivity index (χ1) is 12.2. The van der Waals surface area contributed by atoms with Crippen LogP contribution < -0.4 is 10.6 Å². The van der Waals surface area contributed by atoms with Gasteiger partial charge in [0.25, 0.3) is 5.91 Å². The molecule has 0 spiro atoms. The number of nitrogens with one attached hydrogen (secondary N) is 2. The average Bonchev–Trinajstić information content (AvgIpc) is 3.21. The second kappa shape index (κ2) is 6.83. The van der Waals surface area contributed by atoms with Crippen LogP contribution in [0.25, 0.3) is 0 Å². The number of hydrogen-bond acceptors (Lipinski definition) is 6. The van der Waals surface area contributed by atoms with Crippen LogP contribution in [0, 0.1) is 11.6 Å². The van der Waals surface area contributed by atoms with Crippen molar-refractivity contribution in [1.29, 1.82) is 0 Å². The van der Waals surface area contributed by atoms with E-state index in [-0.39, 0.29) is 27.7 Å². The molecule has 0 atom stereocenters. The van der Waals surface area contributed by atoms with Gasteiger partial charge in [-0.2, -0.15) is 0 Å². The van der Waals surface area contributed by atoms with Gasteiger partial charge in [0, 0.05) is 16.9 Å². The summed E-state index contributed by atoms with van der Waals surface area (Å²) in [6.45, 7) is 5.88. The van der Waals surface area contributed by atoms with Crippen LogP contribution in [-0.4, -0.2) is 16.0 Å². The topological polar surface area (TPSA) is 80.0 Å². The van der Waals surface area contributed by atoms with Crippen LogP contribution in [0.3, 0.4) is 0 Å². The smallest absolute Gasteiger partial charge is 0.276 e. The maximum absolute atomic E-state index is 13.7. The maximum Gasteiger partial charge on any atom is 0.276 e. The van der Waals surface area contributed by atoms with E-state index in [9.17, 15) is 13.6 Å². The molecule has 0 fully saturated rings. The first kappa shape index (κ1) is 18.0. The average molecular weight is 378 g/mol. The quantitative estimate of drug-likeness (QED) is 0.688. The third-order valence-corrected chi connectivity index (χ3v) is 4.18. The molecule has 0 aliphatic rings. The van der Waals surface area contributed by atoms with E-state index in [4.69, 9.17) is 4.52 Å². The Kier molecular flexibility index (Phi) is 4.73. The molecular weight excluding hydrogens is 362 g/mol. The Balaban J connectivity index is 1.70. The van der Waals surface area contributed by atoms with E-state index in [1.807, 2.05) is 20.8 Å². The lowest BCUT2D eigenvalue weighted by atomic mass is 9.93. The minimum absolute atomic E-state index is 0.0578. The number of amides is 1. The van der Waals surface area contributed by atoms with Gasteiger partial charge in [0.15, 0.2) is 22.6 Å². The number of aromatic nitrogens is 2. The highest BCUT2D eigenvalue weighted by Gasteiger charge is 2.21. The van der Waals surface area contributed by atoms with Gasteiger partial charge in [0.05, 0.1) is 5.69 Å². The van der Waals surface area contributed by atoms with E-state index < -0.39 is 17.5 Å². The normalized spacial score (nSPS) is 11.4. The summed E-state index contributed by atoms with van der Waals surface area (Å²) in [6.07, 6.45) is 0. The van der Waals surface area contributed by atoms with Crippen LogP contribution in [0.4, 0.5) is 25.4 Å². The summed E-state index contributed by atoms with van der Waals surface area (Å²) in [5, 5.41) is 10.8. The van der Waals surface area contributed by atoms with Crippen molar-refractivity contribution in [3.8, 4) is 0 Å². The number of anilines is 3. The Labute approximate surface area is 152 Å². The van der Waals surface area contributed by atoms with E-state index in [1.54, 1.807) is 6.07 Å².